The van der Waals surface area contributed by atoms with Crippen molar-refractivity contribution in [3.63, 3.8) is 0 Å². The number of rotatable bonds is 4. The smallest absolute Gasteiger partial charge is 0.310 e. The van der Waals surface area contributed by atoms with Gasteiger partial charge in [0.25, 0.3) is 0 Å². The van der Waals surface area contributed by atoms with E-state index in [1.807, 2.05) is 18.2 Å². The van der Waals surface area contributed by atoms with Crippen LogP contribution in [0.2, 0.25) is 0 Å². The largest absolute Gasteiger partial charge is 0.457 e. The van der Waals surface area contributed by atoms with Gasteiger partial charge in [-0.3, -0.25) is 16.1 Å². The second-order valence-corrected chi connectivity index (χ2v) is 4.44. The fourth-order valence-corrected chi connectivity index (χ4v) is 2.15. The molecule has 0 saturated carbocycles. The van der Waals surface area contributed by atoms with Gasteiger partial charge in [0, 0.05) is 18.7 Å². The molecule has 4 N–H and O–H groups in total. The third-order valence-corrected chi connectivity index (χ3v) is 3.08. The third kappa shape index (κ3) is 2.57. The number of hydrazine groups is 1. The minimum atomic E-state index is -0.239. The van der Waals surface area contributed by atoms with E-state index in [-0.39, 0.29) is 18.5 Å². The normalized spacial score (nSPS) is 18.1. The maximum atomic E-state index is 11.6. The minimum absolute atomic E-state index is 0.218. The number of fused-ring (bicyclic) bond motifs is 1. The summed E-state index contributed by atoms with van der Waals surface area (Å²) in [5, 5.41) is 7.62. The average Bonchev–Trinajstić information content (AvgIpc) is 2.34. The Morgan fingerprint density at radius 3 is 3.06 bits per heavy atom. The lowest BCUT2D eigenvalue weighted by atomic mass is 9.92. The maximum Gasteiger partial charge on any atom is 0.310 e. The van der Waals surface area contributed by atoms with Gasteiger partial charge in [-0.2, -0.15) is 0 Å². The van der Waals surface area contributed by atoms with E-state index in [4.69, 9.17) is 16.0 Å². The Kier molecular flexibility index (Phi) is 3.74. The lowest BCUT2D eigenvalue weighted by molar-refractivity contribution is -0.150. The summed E-state index contributed by atoms with van der Waals surface area (Å²) < 4.78 is 5.33. The number of carbonyl (C=O) groups is 1. The summed E-state index contributed by atoms with van der Waals surface area (Å²) in [6.07, 6.45) is 0.693. The lowest BCUT2D eigenvalue weighted by Crippen LogP contribution is -2.28. The van der Waals surface area contributed by atoms with Gasteiger partial charge >= 0.3 is 5.97 Å². The number of ether oxygens (including phenoxy) is 1. The molecule has 0 spiro atoms. The first-order valence-electron chi connectivity index (χ1n) is 5.93. The zero-order chi connectivity index (χ0) is 13.1. The molecular formula is C13H17N3O2. The molecule has 0 saturated heterocycles. The summed E-state index contributed by atoms with van der Waals surface area (Å²) in [6, 6.07) is 5.74. The van der Waals surface area contributed by atoms with Crippen molar-refractivity contribution in [1.29, 1.82) is 5.41 Å². The van der Waals surface area contributed by atoms with Gasteiger partial charge in [0.2, 0.25) is 0 Å². The zero-order valence-electron chi connectivity index (χ0n) is 10.3. The van der Waals surface area contributed by atoms with E-state index in [0.29, 0.717) is 18.7 Å². The topological polar surface area (TPSA) is 88.2 Å². The van der Waals surface area contributed by atoms with E-state index < -0.39 is 0 Å². The molecule has 0 aliphatic carbocycles. The molecule has 1 aromatic rings. The van der Waals surface area contributed by atoms with Gasteiger partial charge < -0.3 is 10.1 Å². The third-order valence-electron chi connectivity index (χ3n) is 3.08. The van der Waals surface area contributed by atoms with Crippen LogP contribution in [0.25, 0.3) is 0 Å². The van der Waals surface area contributed by atoms with Gasteiger partial charge in [-0.15, -0.1) is 0 Å². The number of carbonyl (C=O) groups excluding carboxylic acids is 1. The minimum Gasteiger partial charge on any atom is -0.457 e. The molecule has 1 unspecified atom stereocenters. The van der Waals surface area contributed by atoms with Crippen LogP contribution in [0.3, 0.4) is 0 Å². The van der Waals surface area contributed by atoms with Crippen molar-refractivity contribution in [1.82, 2.24) is 5.43 Å². The van der Waals surface area contributed by atoms with Crippen LogP contribution in [-0.2, 0) is 16.0 Å². The van der Waals surface area contributed by atoms with Crippen LogP contribution in [0, 0.1) is 5.41 Å². The fourth-order valence-electron chi connectivity index (χ4n) is 2.15. The standard InChI is InChI=1S/C13H17N3O2/c1-8(14)9-2-3-11-10(6-9)7-13(17)18-12(11)4-5-16-15/h2-3,6,12,14,16H,4-5,7,15H2,1H3. The van der Waals surface area contributed by atoms with Crippen molar-refractivity contribution in [2.45, 2.75) is 25.9 Å². The van der Waals surface area contributed by atoms with Crippen LogP contribution >= 0.6 is 0 Å². The number of hydrogen-bond donors (Lipinski definition) is 3. The van der Waals surface area contributed by atoms with Crippen LogP contribution in [0.15, 0.2) is 18.2 Å². The SMILES string of the molecule is CC(=N)c1ccc2c(c1)CC(=O)OC2CCNN. The van der Waals surface area contributed by atoms with E-state index in [2.05, 4.69) is 5.43 Å². The molecule has 5 nitrogen and oxygen atoms in total. The molecule has 0 radical (unpaired) electrons. The second kappa shape index (κ2) is 5.29. The van der Waals surface area contributed by atoms with Gasteiger partial charge in [0.1, 0.15) is 6.10 Å². The predicted octanol–water partition coefficient (Wildman–Crippen LogP) is 1.07. The molecular weight excluding hydrogens is 230 g/mol. The van der Waals surface area contributed by atoms with Gasteiger partial charge in [0.15, 0.2) is 0 Å². The molecule has 2 rings (SSSR count). The van der Waals surface area contributed by atoms with Gasteiger partial charge in [-0.1, -0.05) is 12.1 Å². The Hall–Kier alpha value is -1.72. The molecule has 96 valence electrons. The van der Waals surface area contributed by atoms with E-state index >= 15 is 0 Å². The molecule has 18 heavy (non-hydrogen) atoms. The number of benzene rings is 1. The molecule has 5 heteroatoms. The zero-order valence-corrected chi connectivity index (χ0v) is 10.3. The lowest BCUT2D eigenvalue weighted by Gasteiger charge is -2.26. The van der Waals surface area contributed by atoms with Crippen molar-refractivity contribution >= 4 is 11.7 Å². The summed E-state index contributed by atoms with van der Waals surface area (Å²) in [4.78, 5) is 11.6. The summed E-state index contributed by atoms with van der Waals surface area (Å²) in [6.45, 7) is 2.32. The highest BCUT2D eigenvalue weighted by atomic mass is 16.5. The molecule has 0 fully saturated rings. The summed E-state index contributed by atoms with van der Waals surface area (Å²) in [7, 11) is 0. The highest BCUT2D eigenvalue weighted by molar-refractivity contribution is 5.96. The quantitative estimate of drug-likeness (QED) is 0.321. The summed E-state index contributed by atoms with van der Waals surface area (Å²) in [5.41, 5.74) is 5.89. The number of cyclic esters (lactones) is 1. The monoisotopic (exact) mass is 247 g/mol. The number of hydrogen-bond acceptors (Lipinski definition) is 5. The first-order chi connectivity index (χ1) is 8.61. The Balaban J connectivity index is 2.31. The van der Waals surface area contributed by atoms with E-state index in [1.54, 1.807) is 6.92 Å². The fraction of sp³-hybridized carbons (Fsp3) is 0.385. The van der Waals surface area contributed by atoms with E-state index in [1.165, 1.54) is 0 Å². The molecule has 1 atom stereocenters. The first kappa shape index (κ1) is 12.7. The first-order valence-corrected chi connectivity index (χ1v) is 5.93. The molecule has 1 aliphatic heterocycles. The highest BCUT2D eigenvalue weighted by Gasteiger charge is 2.26. The number of nitrogens with one attached hydrogen (secondary N) is 2. The number of esters is 1. The molecule has 0 aromatic heterocycles. The van der Waals surface area contributed by atoms with Crippen LogP contribution in [0.5, 0.6) is 0 Å². The van der Waals surface area contributed by atoms with Gasteiger partial charge in [-0.25, -0.2) is 0 Å². The summed E-state index contributed by atoms with van der Waals surface area (Å²) in [5.74, 6) is 5.03. The summed E-state index contributed by atoms with van der Waals surface area (Å²) >= 11 is 0. The van der Waals surface area contributed by atoms with Crippen LogP contribution in [0.1, 0.15) is 36.1 Å². The Labute approximate surface area is 106 Å². The number of nitrogens with two attached hydrogens (primary N) is 1. The average molecular weight is 247 g/mol. The molecule has 1 aliphatic rings. The second-order valence-electron chi connectivity index (χ2n) is 4.44. The Morgan fingerprint density at radius 1 is 1.61 bits per heavy atom. The van der Waals surface area contributed by atoms with E-state index in [9.17, 15) is 4.79 Å². The Bertz CT molecular complexity index is 485. The van der Waals surface area contributed by atoms with E-state index in [0.717, 1.165) is 16.7 Å². The maximum absolute atomic E-state index is 11.6. The van der Waals surface area contributed by atoms with Crippen molar-refractivity contribution in [2.75, 3.05) is 6.54 Å². The molecule has 0 bridgehead atoms. The molecule has 1 heterocycles. The van der Waals surface area contributed by atoms with Crippen LogP contribution in [0.4, 0.5) is 0 Å². The van der Waals surface area contributed by atoms with Crippen molar-refractivity contribution in [3.8, 4) is 0 Å². The van der Waals surface area contributed by atoms with Crippen molar-refractivity contribution in [3.05, 3.63) is 34.9 Å². The molecule has 1 aromatic carbocycles. The van der Waals surface area contributed by atoms with Crippen molar-refractivity contribution < 1.29 is 9.53 Å². The van der Waals surface area contributed by atoms with Crippen LogP contribution in [-0.4, -0.2) is 18.2 Å². The Morgan fingerprint density at radius 2 is 2.39 bits per heavy atom. The van der Waals surface area contributed by atoms with Gasteiger partial charge in [0.05, 0.1) is 6.42 Å². The van der Waals surface area contributed by atoms with Gasteiger partial charge in [-0.05, 0) is 29.7 Å². The predicted molar refractivity (Wildman–Crippen MR) is 68.3 cm³/mol. The molecule has 0 amide bonds. The highest BCUT2D eigenvalue weighted by Crippen LogP contribution is 2.30. The van der Waals surface area contributed by atoms with Crippen molar-refractivity contribution in [2.24, 2.45) is 5.84 Å². The van der Waals surface area contributed by atoms with Crippen LogP contribution < -0.4 is 11.3 Å².